The molecule has 128 valence electrons. The Kier molecular flexibility index (Phi) is 7.82. The Morgan fingerprint density at radius 2 is 2.00 bits per heavy atom. The van der Waals surface area contributed by atoms with Crippen molar-refractivity contribution in [3.05, 3.63) is 29.3 Å². The Morgan fingerprint density at radius 1 is 1.30 bits per heavy atom. The number of hydrogen-bond acceptors (Lipinski definition) is 4. The maximum atomic E-state index is 12.0. The van der Waals surface area contributed by atoms with Crippen molar-refractivity contribution in [1.82, 2.24) is 4.90 Å². The number of ether oxygens (including phenoxy) is 1. The van der Waals surface area contributed by atoms with Crippen molar-refractivity contribution in [3.8, 4) is 0 Å². The van der Waals surface area contributed by atoms with Crippen LogP contribution in [0.1, 0.15) is 25.7 Å². The van der Waals surface area contributed by atoms with E-state index in [0.29, 0.717) is 30.6 Å². The molecule has 0 saturated carbocycles. The standard InChI is InChI=1S/C17H25ClN2O3/c18-14-2-4-15(5-3-14)19-17(22)8-11-20-9-6-16(7-10-20)23-13-1-12-21/h2-5,16,21H,1,6-13H2,(H,19,22). The highest BCUT2D eigenvalue weighted by Gasteiger charge is 2.19. The topological polar surface area (TPSA) is 61.8 Å². The van der Waals surface area contributed by atoms with Crippen LogP contribution < -0.4 is 5.32 Å². The molecule has 0 bridgehead atoms. The minimum Gasteiger partial charge on any atom is -0.396 e. The molecule has 0 atom stereocenters. The fourth-order valence-corrected chi connectivity index (χ4v) is 2.76. The van der Waals surface area contributed by atoms with Gasteiger partial charge in [0.25, 0.3) is 0 Å². The predicted molar refractivity (Wildman–Crippen MR) is 91.8 cm³/mol. The summed E-state index contributed by atoms with van der Waals surface area (Å²) in [6, 6.07) is 7.13. The molecule has 0 aromatic heterocycles. The van der Waals surface area contributed by atoms with Gasteiger partial charge in [-0.2, -0.15) is 0 Å². The minimum absolute atomic E-state index is 0.0219. The number of halogens is 1. The second-order valence-electron chi connectivity index (χ2n) is 5.79. The molecule has 1 aliphatic heterocycles. The van der Waals surface area contributed by atoms with Gasteiger partial charge >= 0.3 is 0 Å². The van der Waals surface area contributed by atoms with E-state index in [2.05, 4.69) is 10.2 Å². The summed E-state index contributed by atoms with van der Waals surface area (Å²) >= 11 is 5.82. The number of rotatable bonds is 8. The van der Waals surface area contributed by atoms with Gasteiger partial charge < -0.3 is 20.1 Å². The lowest BCUT2D eigenvalue weighted by atomic mass is 10.1. The molecule has 0 radical (unpaired) electrons. The van der Waals surface area contributed by atoms with Gasteiger partial charge in [0.15, 0.2) is 0 Å². The number of likely N-dealkylation sites (tertiary alicyclic amines) is 1. The highest BCUT2D eigenvalue weighted by molar-refractivity contribution is 6.30. The first kappa shape index (κ1) is 18.2. The number of aliphatic hydroxyl groups is 1. The van der Waals surface area contributed by atoms with Crippen LogP contribution in [0.5, 0.6) is 0 Å². The number of nitrogens with zero attached hydrogens (tertiary/aromatic N) is 1. The predicted octanol–water partition coefficient (Wildman–Crippen LogP) is 2.53. The van der Waals surface area contributed by atoms with E-state index in [4.69, 9.17) is 21.4 Å². The second kappa shape index (κ2) is 9.88. The molecule has 1 aromatic carbocycles. The van der Waals surface area contributed by atoms with E-state index in [1.807, 2.05) is 0 Å². The van der Waals surface area contributed by atoms with Crippen LogP contribution in [-0.2, 0) is 9.53 Å². The van der Waals surface area contributed by atoms with Gasteiger partial charge in [-0.15, -0.1) is 0 Å². The zero-order valence-electron chi connectivity index (χ0n) is 13.3. The van der Waals surface area contributed by atoms with Crippen LogP contribution in [0.2, 0.25) is 5.02 Å². The third-order valence-corrected chi connectivity index (χ3v) is 4.23. The molecule has 2 N–H and O–H groups in total. The highest BCUT2D eigenvalue weighted by Crippen LogP contribution is 2.15. The lowest BCUT2D eigenvalue weighted by molar-refractivity contribution is -0.116. The van der Waals surface area contributed by atoms with Gasteiger partial charge in [0.1, 0.15) is 0 Å². The minimum atomic E-state index is 0.0219. The van der Waals surface area contributed by atoms with Crippen molar-refractivity contribution < 1.29 is 14.6 Å². The summed E-state index contributed by atoms with van der Waals surface area (Å²) in [5.41, 5.74) is 0.774. The van der Waals surface area contributed by atoms with Gasteiger partial charge in [-0.3, -0.25) is 4.79 Å². The number of carbonyl (C=O) groups is 1. The number of piperidine rings is 1. The summed E-state index contributed by atoms with van der Waals surface area (Å²) in [6.45, 7) is 3.49. The highest BCUT2D eigenvalue weighted by atomic mass is 35.5. The fourth-order valence-electron chi connectivity index (χ4n) is 2.63. The normalized spacial score (nSPS) is 16.4. The Labute approximate surface area is 142 Å². The SMILES string of the molecule is O=C(CCN1CCC(OCCCO)CC1)Nc1ccc(Cl)cc1. The molecule has 1 saturated heterocycles. The van der Waals surface area contributed by atoms with Crippen LogP contribution in [-0.4, -0.2) is 54.9 Å². The van der Waals surface area contributed by atoms with Gasteiger partial charge in [0.2, 0.25) is 5.91 Å². The maximum Gasteiger partial charge on any atom is 0.225 e. The molecule has 6 heteroatoms. The molecule has 5 nitrogen and oxygen atoms in total. The van der Waals surface area contributed by atoms with Crippen molar-refractivity contribution in [1.29, 1.82) is 0 Å². The van der Waals surface area contributed by atoms with Crippen molar-refractivity contribution in [2.24, 2.45) is 0 Å². The van der Waals surface area contributed by atoms with Gasteiger partial charge in [0, 0.05) is 50.0 Å². The summed E-state index contributed by atoms with van der Waals surface area (Å²) < 4.78 is 5.71. The van der Waals surface area contributed by atoms with E-state index in [-0.39, 0.29) is 12.5 Å². The van der Waals surface area contributed by atoms with Crippen LogP contribution in [0.3, 0.4) is 0 Å². The summed E-state index contributed by atoms with van der Waals surface area (Å²) in [6.07, 6.45) is 3.46. The molecule has 1 fully saturated rings. The largest absolute Gasteiger partial charge is 0.396 e. The van der Waals surface area contributed by atoms with Crippen molar-refractivity contribution in [3.63, 3.8) is 0 Å². The van der Waals surface area contributed by atoms with Gasteiger partial charge in [0.05, 0.1) is 6.10 Å². The van der Waals surface area contributed by atoms with E-state index in [0.717, 1.165) is 38.2 Å². The van der Waals surface area contributed by atoms with Crippen LogP contribution >= 0.6 is 11.6 Å². The molecule has 0 unspecified atom stereocenters. The van der Waals surface area contributed by atoms with Crippen molar-refractivity contribution in [2.75, 3.05) is 38.2 Å². The Morgan fingerprint density at radius 3 is 2.65 bits per heavy atom. The monoisotopic (exact) mass is 340 g/mol. The van der Waals surface area contributed by atoms with Crippen molar-refractivity contribution in [2.45, 2.75) is 31.8 Å². The van der Waals surface area contributed by atoms with Crippen LogP contribution in [0.15, 0.2) is 24.3 Å². The fraction of sp³-hybridized carbons (Fsp3) is 0.588. The average Bonchev–Trinajstić information content (AvgIpc) is 2.56. The molecule has 1 aliphatic rings. The average molecular weight is 341 g/mol. The van der Waals surface area contributed by atoms with Gasteiger partial charge in [-0.25, -0.2) is 0 Å². The lowest BCUT2D eigenvalue weighted by Crippen LogP contribution is -2.38. The van der Waals surface area contributed by atoms with E-state index in [1.165, 1.54) is 0 Å². The molecule has 1 amide bonds. The molecular formula is C17H25ClN2O3. The summed E-state index contributed by atoms with van der Waals surface area (Å²) in [5.74, 6) is 0.0219. The Balaban J connectivity index is 1.61. The number of amides is 1. The Bertz CT molecular complexity index is 473. The summed E-state index contributed by atoms with van der Waals surface area (Å²) in [5, 5.41) is 12.3. The van der Waals surface area contributed by atoms with E-state index in [9.17, 15) is 4.79 Å². The quantitative estimate of drug-likeness (QED) is 0.714. The molecular weight excluding hydrogens is 316 g/mol. The number of anilines is 1. The number of benzene rings is 1. The zero-order chi connectivity index (χ0) is 16.5. The molecule has 1 aromatic rings. The first-order chi connectivity index (χ1) is 11.2. The number of hydrogen-bond donors (Lipinski definition) is 2. The summed E-state index contributed by atoms with van der Waals surface area (Å²) in [4.78, 5) is 14.3. The molecule has 23 heavy (non-hydrogen) atoms. The maximum absolute atomic E-state index is 12.0. The first-order valence-corrected chi connectivity index (χ1v) is 8.55. The van der Waals surface area contributed by atoms with E-state index >= 15 is 0 Å². The smallest absolute Gasteiger partial charge is 0.225 e. The molecule has 0 aliphatic carbocycles. The molecule has 0 spiro atoms. The summed E-state index contributed by atoms with van der Waals surface area (Å²) in [7, 11) is 0. The zero-order valence-corrected chi connectivity index (χ0v) is 14.1. The van der Waals surface area contributed by atoms with Crippen LogP contribution in [0.25, 0.3) is 0 Å². The van der Waals surface area contributed by atoms with Crippen LogP contribution in [0.4, 0.5) is 5.69 Å². The van der Waals surface area contributed by atoms with Gasteiger partial charge in [-0.05, 0) is 43.5 Å². The van der Waals surface area contributed by atoms with Crippen LogP contribution in [0, 0.1) is 0 Å². The van der Waals surface area contributed by atoms with E-state index < -0.39 is 0 Å². The number of nitrogens with one attached hydrogen (secondary N) is 1. The van der Waals surface area contributed by atoms with Gasteiger partial charge in [-0.1, -0.05) is 11.6 Å². The number of carbonyl (C=O) groups excluding carboxylic acids is 1. The molecule has 1 heterocycles. The number of aliphatic hydroxyl groups excluding tert-OH is 1. The Hall–Kier alpha value is -1.14. The molecule has 2 rings (SSSR count). The first-order valence-electron chi connectivity index (χ1n) is 8.17. The third kappa shape index (κ3) is 6.87. The lowest BCUT2D eigenvalue weighted by Gasteiger charge is -2.31. The third-order valence-electron chi connectivity index (χ3n) is 3.97. The van der Waals surface area contributed by atoms with E-state index in [1.54, 1.807) is 24.3 Å². The second-order valence-corrected chi connectivity index (χ2v) is 6.23. The van der Waals surface area contributed by atoms with Crippen molar-refractivity contribution >= 4 is 23.2 Å².